The normalized spacial score (nSPS) is 11.7. The Morgan fingerprint density at radius 3 is 2.52 bits per heavy atom. The van der Waals surface area contributed by atoms with Crippen LogP contribution in [0.15, 0.2) is 47.6 Å². The van der Waals surface area contributed by atoms with Crippen LogP contribution in [-0.4, -0.2) is 31.8 Å². The number of thioether (sulfide) groups is 1. The Balaban J connectivity index is 1.58. The van der Waals surface area contributed by atoms with E-state index in [2.05, 4.69) is 15.5 Å². The number of carbonyl (C=O) groups is 2. The number of nitrogens with zero attached hydrogens (tertiary/aromatic N) is 3. The molecule has 3 N–H and O–H groups in total. The zero-order valence-corrected chi connectivity index (χ0v) is 18.7. The molecule has 8 nitrogen and oxygen atoms in total. The Hall–Kier alpha value is -3.33. The molecule has 9 heteroatoms. The first-order valence-corrected chi connectivity index (χ1v) is 10.6. The maximum atomic E-state index is 12.5. The van der Waals surface area contributed by atoms with Crippen molar-refractivity contribution in [3.8, 4) is 5.75 Å². The van der Waals surface area contributed by atoms with Crippen LogP contribution in [0.2, 0.25) is 0 Å². The fraction of sp³-hybridized carbons (Fsp3) is 0.273. The zero-order chi connectivity index (χ0) is 22.5. The second-order valence-electron chi connectivity index (χ2n) is 7.21. The lowest BCUT2D eigenvalue weighted by molar-refractivity contribution is -0.115. The van der Waals surface area contributed by atoms with Gasteiger partial charge in [0.2, 0.25) is 11.1 Å². The van der Waals surface area contributed by atoms with Crippen LogP contribution in [0.3, 0.4) is 0 Å². The molecule has 0 radical (unpaired) electrons. The van der Waals surface area contributed by atoms with Crippen LogP contribution in [0.25, 0.3) is 0 Å². The van der Waals surface area contributed by atoms with Crippen LogP contribution in [-0.2, 0) is 11.4 Å². The van der Waals surface area contributed by atoms with Crippen molar-refractivity contribution in [3.63, 3.8) is 0 Å². The van der Waals surface area contributed by atoms with Crippen molar-refractivity contribution in [1.82, 2.24) is 14.9 Å². The Bertz CT molecular complexity index is 1100. The van der Waals surface area contributed by atoms with E-state index >= 15 is 0 Å². The number of benzene rings is 2. The highest BCUT2D eigenvalue weighted by molar-refractivity contribution is 8.00. The summed E-state index contributed by atoms with van der Waals surface area (Å²) in [6.45, 7) is 7.41. The average Bonchev–Trinajstić information content (AvgIpc) is 3.07. The van der Waals surface area contributed by atoms with Crippen LogP contribution in [0, 0.1) is 13.8 Å². The number of anilines is 1. The molecule has 1 heterocycles. The van der Waals surface area contributed by atoms with E-state index < -0.39 is 5.25 Å². The van der Waals surface area contributed by atoms with Gasteiger partial charge in [0.25, 0.3) is 0 Å². The molecule has 0 unspecified atom stereocenters. The van der Waals surface area contributed by atoms with E-state index in [-0.39, 0.29) is 18.3 Å². The molecule has 3 aromatic rings. The second-order valence-corrected chi connectivity index (χ2v) is 8.52. The third kappa shape index (κ3) is 5.64. The van der Waals surface area contributed by atoms with Crippen molar-refractivity contribution < 1.29 is 14.3 Å². The molecule has 0 fully saturated rings. The number of nitrogens with one attached hydrogen (secondary N) is 1. The molecule has 0 bridgehead atoms. The third-order valence-electron chi connectivity index (χ3n) is 4.63. The molecule has 1 amide bonds. The predicted octanol–water partition coefficient (Wildman–Crippen LogP) is 3.51. The number of rotatable bonds is 8. The SMILES string of the molecule is CC(=O)c1ccc(NC(=O)[C@@H](C)Sc2nnc(COc3ccc(C)cc3C)n2N)cc1. The summed E-state index contributed by atoms with van der Waals surface area (Å²) in [6, 6.07) is 12.7. The highest BCUT2D eigenvalue weighted by atomic mass is 32.2. The molecule has 1 aromatic heterocycles. The largest absolute Gasteiger partial charge is 0.485 e. The number of amides is 1. The first kappa shape index (κ1) is 22.4. The molecular formula is C22H25N5O3S. The number of carbonyl (C=O) groups excluding carboxylic acids is 2. The van der Waals surface area contributed by atoms with E-state index in [9.17, 15) is 9.59 Å². The van der Waals surface area contributed by atoms with Gasteiger partial charge < -0.3 is 15.9 Å². The van der Waals surface area contributed by atoms with Gasteiger partial charge in [0.15, 0.2) is 11.6 Å². The van der Waals surface area contributed by atoms with E-state index in [0.29, 0.717) is 22.2 Å². The lowest BCUT2D eigenvalue weighted by Crippen LogP contribution is -2.24. The van der Waals surface area contributed by atoms with Crippen molar-refractivity contribution in [3.05, 3.63) is 65.0 Å². The Morgan fingerprint density at radius 2 is 1.87 bits per heavy atom. The van der Waals surface area contributed by atoms with Gasteiger partial charge in [0, 0.05) is 11.3 Å². The molecular weight excluding hydrogens is 414 g/mol. The first-order chi connectivity index (χ1) is 14.7. The van der Waals surface area contributed by atoms with Crippen LogP contribution in [0.5, 0.6) is 5.75 Å². The summed E-state index contributed by atoms with van der Waals surface area (Å²) < 4.78 is 7.15. The quantitative estimate of drug-likeness (QED) is 0.314. The van der Waals surface area contributed by atoms with Crippen molar-refractivity contribution >= 4 is 29.1 Å². The molecule has 0 saturated carbocycles. The van der Waals surface area contributed by atoms with Gasteiger partial charge in [-0.25, -0.2) is 4.68 Å². The summed E-state index contributed by atoms with van der Waals surface area (Å²) in [5, 5.41) is 10.9. The number of nitrogens with two attached hydrogens (primary N) is 1. The number of aromatic nitrogens is 3. The summed E-state index contributed by atoms with van der Waals surface area (Å²) in [4.78, 5) is 23.9. The van der Waals surface area contributed by atoms with Gasteiger partial charge in [-0.2, -0.15) is 0 Å². The molecule has 2 aromatic carbocycles. The van der Waals surface area contributed by atoms with Crippen LogP contribution >= 0.6 is 11.8 Å². The molecule has 1 atom stereocenters. The summed E-state index contributed by atoms with van der Waals surface area (Å²) in [5.74, 6) is 7.07. The second kappa shape index (κ2) is 9.65. The molecule has 3 rings (SSSR count). The molecule has 0 spiro atoms. The molecule has 31 heavy (non-hydrogen) atoms. The molecule has 0 aliphatic heterocycles. The van der Waals surface area contributed by atoms with E-state index in [1.807, 2.05) is 32.0 Å². The van der Waals surface area contributed by atoms with Gasteiger partial charge in [-0.05, 0) is 63.6 Å². The van der Waals surface area contributed by atoms with Gasteiger partial charge >= 0.3 is 0 Å². The lowest BCUT2D eigenvalue weighted by atomic mass is 10.1. The zero-order valence-electron chi connectivity index (χ0n) is 17.9. The van der Waals surface area contributed by atoms with Gasteiger partial charge in [-0.15, -0.1) is 10.2 Å². The number of ketones is 1. The van der Waals surface area contributed by atoms with E-state index in [4.69, 9.17) is 10.6 Å². The van der Waals surface area contributed by atoms with Crippen LogP contribution in [0.1, 0.15) is 41.2 Å². The average molecular weight is 440 g/mol. The number of hydrogen-bond donors (Lipinski definition) is 2. The molecule has 162 valence electrons. The summed E-state index contributed by atoms with van der Waals surface area (Å²) in [6.07, 6.45) is 0. The Morgan fingerprint density at radius 1 is 1.16 bits per heavy atom. The maximum Gasteiger partial charge on any atom is 0.237 e. The van der Waals surface area contributed by atoms with Crippen molar-refractivity contribution in [2.75, 3.05) is 11.2 Å². The van der Waals surface area contributed by atoms with Gasteiger partial charge in [-0.3, -0.25) is 9.59 Å². The maximum absolute atomic E-state index is 12.5. The van der Waals surface area contributed by atoms with E-state index in [1.165, 1.54) is 23.4 Å². The minimum absolute atomic E-state index is 0.0265. The molecule has 0 aliphatic carbocycles. The van der Waals surface area contributed by atoms with Crippen LogP contribution in [0.4, 0.5) is 5.69 Å². The number of hydrogen-bond acceptors (Lipinski definition) is 7. The lowest BCUT2D eigenvalue weighted by Gasteiger charge is -2.12. The van der Waals surface area contributed by atoms with Crippen molar-refractivity contribution in [1.29, 1.82) is 0 Å². The fourth-order valence-electron chi connectivity index (χ4n) is 2.83. The topological polar surface area (TPSA) is 112 Å². The van der Waals surface area contributed by atoms with Gasteiger partial charge in [-0.1, -0.05) is 29.5 Å². The summed E-state index contributed by atoms with van der Waals surface area (Å²) in [7, 11) is 0. The third-order valence-corrected chi connectivity index (χ3v) is 5.69. The van der Waals surface area contributed by atoms with Gasteiger partial charge in [0.1, 0.15) is 12.4 Å². The van der Waals surface area contributed by atoms with Crippen LogP contribution < -0.4 is 15.9 Å². The molecule has 0 saturated heterocycles. The smallest absolute Gasteiger partial charge is 0.237 e. The summed E-state index contributed by atoms with van der Waals surface area (Å²) in [5.41, 5.74) is 3.39. The number of nitrogen functional groups attached to an aromatic ring is 1. The fourth-order valence-corrected chi connectivity index (χ4v) is 3.62. The highest BCUT2D eigenvalue weighted by Crippen LogP contribution is 2.24. The van der Waals surface area contributed by atoms with Gasteiger partial charge in [0.05, 0.1) is 5.25 Å². The number of ether oxygens (including phenoxy) is 1. The predicted molar refractivity (Wildman–Crippen MR) is 121 cm³/mol. The minimum atomic E-state index is -0.466. The Labute approximate surface area is 185 Å². The van der Waals surface area contributed by atoms with E-state index in [0.717, 1.165) is 16.9 Å². The Kier molecular flexibility index (Phi) is 6.96. The standard InChI is InChI=1S/C22H25N5O3S/c1-13-5-10-19(14(2)11-13)30-12-20-25-26-22(27(20)23)31-16(4)21(29)24-18-8-6-17(7-9-18)15(3)28/h5-11,16H,12,23H2,1-4H3,(H,24,29)/t16-/m1/s1. The minimum Gasteiger partial charge on any atom is -0.485 e. The van der Waals surface area contributed by atoms with Crippen molar-refractivity contribution in [2.24, 2.45) is 0 Å². The highest BCUT2D eigenvalue weighted by Gasteiger charge is 2.20. The van der Waals surface area contributed by atoms with Crippen molar-refractivity contribution in [2.45, 2.75) is 44.7 Å². The first-order valence-electron chi connectivity index (χ1n) is 9.72. The monoisotopic (exact) mass is 439 g/mol. The molecule has 0 aliphatic rings. The van der Waals surface area contributed by atoms with E-state index in [1.54, 1.807) is 31.2 Å². The summed E-state index contributed by atoms with van der Waals surface area (Å²) >= 11 is 1.20. The number of Topliss-reactive ketones (excluding diaryl/α,β-unsaturated/α-hetero) is 1. The number of aryl methyl sites for hydroxylation is 2.